The smallest absolute Gasteiger partial charge is 0.468 e. The maximum absolute atomic E-state index is 12.1. The van der Waals surface area contributed by atoms with Crippen LogP contribution in [0.4, 0.5) is 13.2 Å². The van der Waals surface area contributed by atoms with Crippen LogP contribution < -0.4 is 78.9 Å². The van der Waals surface area contributed by atoms with Crippen LogP contribution in [0.3, 0.4) is 0 Å². The first kappa shape index (κ1) is 26.3. The zero-order valence-corrected chi connectivity index (χ0v) is 22.0. The predicted molar refractivity (Wildman–Crippen MR) is 89.8 cm³/mol. The molecule has 0 unspecified atom stereocenters. The van der Waals surface area contributed by atoms with Crippen molar-refractivity contribution in [3.63, 3.8) is 0 Å². The summed E-state index contributed by atoms with van der Waals surface area (Å²) in [5.74, 6) is 1.06. The number of pyridine rings is 1. The zero-order chi connectivity index (χ0) is 17.6. The molecule has 0 radical (unpaired) electrons. The van der Waals surface area contributed by atoms with Gasteiger partial charge in [-0.3, -0.25) is 4.79 Å². The number of nitrogens with one attached hydrogen (secondary N) is 1. The molecule has 8 heteroatoms. The van der Waals surface area contributed by atoms with Crippen LogP contribution in [0.5, 0.6) is 5.88 Å². The summed E-state index contributed by atoms with van der Waals surface area (Å²) in [6.45, 7) is 1.11. The molecular formula is C18H26CsF3N2O2. The van der Waals surface area contributed by atoms with Crippen molar-refractivity contribution in [2.75, 3.05) is 6.61 Å². The quantitative estimate of drug-likeness (QED) is 0.610. The Morgan fingerprint density at radius 3 is 2.58 bits per heavy atom. The molecule has 1 aliphatic carbocycles. The van der Waals surface area contributed by atoms with E-state index in [1.807, 2.05) is 0 Å². The molecule has 0 bridgehead atoms. The molecule has 0 atom stereocenters. The third-order valence-electron chi connectivity index (χ3n) is 4.28. The first-order valence-electron chi connectivity index (χ1n) is 8.23. The van der Waals surface area contributed by atoms with E-state index >= 15 is 0 Å². The normalized spacial score (nSPS) is 19.7. The zero-order valence-electron chi connectivity index (χ0n) is 15.7. The third kappa shape index (κ3) is 10.6. The molecule has 1 aromatic rings. The first-order chi connectivity index (χ1) is 11.3. The molecule has 1 amide bonds. The van der Waals surface area contributed by atoms with Crippen LogP contribution in [0.1, 0.15) is 44.6 Å². The summed E-state index contributed by atoms with van der Waals surface area (Å²) in [6.07, 6.45) is 1.98. The average Bonchev–Trinajstić information content (AvgIpc) is 2.53. The predicted octanol–water partition coefficient (Wildman–Crippen LogP) is 1.31. The molecule has 0 aliphatic heterocycles. The van der Waals surface area contributed by atoms with Crippen molar-refractivity contribution in [1.82, 2.24) is 10.3 Å². The van der Waals surface area contributed by atoms with Crippen LogP contribution in [0.2, 0.25) is 0 Å². The minimum Gasteiger partial charge on any atom is -0.468 e. The number of ether oxygens (including phenoxy) is 1. The van der Waals surface area contributed by atoms with Crippen molar-refractivity contribution in [1.29, 1.82) is 0 Å². The molecule has 1 aliphatic rings. The molecule has 2 rings (SSSR count). The van der Waals surface area contributed by atoms with Gasteiger partial charge in [0.1, 0.15) is 0 Å². The Hall–Kier alpha value is 0.262. The van der Waals surface area contributed by atoms with E-state index in [-0.39, 0.29) is 94.7 Å². The number of alkyl halides is 3. The van der Waals surface area contributed by atoms with Crippen molar-refractivity contribution in [3.05, 3.63) is 31.3 Å². The minimum absolute atomic E-state index is 0. The molecule has 26 heavy (non-hydrogen) atoms. The maximum Gasteiger partial charge on any atom is 1.00 e. The Kier molecular flexibility index (Phi) is 12.8. The molecular weight excluding hydrogens is 466 g/mol. The molecule has 1 saturated carbocycles. The van der Waals surface area contributed by atoms with Gasteiger partial charge < -0.3 is 17.5 Å². The molecule has 0 spiro atoms. The standard InChI is InChI=1S/C17H23F3N2O2.CH3.Cs/c1-12-2-4-13(5-3-12)8-15(23)22-10-14-6-7-21-16(9-14)24-11-17(18,19)20;;/h6-7,9,12-13H,2-5,8,10-11H2,1H3,(H,22,23);1H3;/q;-1;+1. The maximum atomic E-state index is 12.1. The van der Waals surface area contributed by atoms with Gasteiger partial charge in [-0.15, -0.1) is 0 Å². The fourth-order valence-electron chi connectivity index (χ4n) is 2.86. The number of hydrogen-bond acceptors (Lipinski definition) is 3. The van der Waals surface area contributed by atoms with Gasteiger partial charge in [0, 0.05) is 25.2 Å². The summed E-state index contributed by atoms with van der Waals surface area (Å²) in [4.78, 5) is 15.7. The van der Waals surface area contributed by atoms with E-state index in [0.29, 0.717) is 17.9 Å². The van der Waals surface area contributed by atoms with Crippen molar-refractivity contribution < 1.29 is 91.6 Å². The number of nitrogens with zero attached hydrogens (tertiary/aromatic N) is 1. The second-order valence-electron chi connectivity index (χ2n) is 6.51. The average molecular weight is 492 g/mol. The number of amides is 1. The molecule has 1 fully saturated rings. The fourth-order valence-corrected chi connectivity index (χ4v) is 2.86. The summed E-state index contributed by atoms with van der Waals surface area (Å²) >= 11 is 0. The fraction of sp³-hybridized carbons (Fsp3) is 0.611. The third-order valence-corrected chi connectivity index (χ3v) is 4.28. The van der Waals surface area contributed by atoms with Crippen LogP contribution in [0.15, 0.2) is 18.3 Å². The molecule has 1 aromatic heterocycles. The Balaban J connectivity index is 0.00000312. The van der Waals surface area contributed by atoms with Crippen LogP contribution in [-0.4, -0.2) is 23.7 Å². The van der Waals surface area contributed by atoms with Gasteiger partial charge in [-0.05, 0) is 36.3 Å². The Labute approximate surface area is 212 Å². The van der Waals surface area contributed by atoms with E-state index in [9.17, 15) is 18.0 Å². The SMILES string of the molecule is CC1CCC(CC(=O)NCc2ccnc(OCC(F)(F)F)c2)CC1.[CH3-].[Cs+]. The van der Waals surface area contributed by atoms with Crippen molar-refractivity contribution in [2.45, 2.75) is 51.7 Å². The monoisotopic (exact) mass is 492 g/mol. The van der Waals surface area contributed by atoms with Crippen molar-refractivity contribution in [3.8, 4) is 5.88 Å². The first-order valence-corrected chi connectivity index (χ1v) is 8.23. The summed E-state index contributed by atoms with van der Waals surface area (Å²) in [7, 11) is 0. The number of hydrogen-bond donors (Lipinski definition) is 1. The van der Waals surface area contributed by atoms with Crippen molar-refractivity contribution >= 4 is 5.91 Å². The number of rotatable bonds is 6. The van der Waals surface area contributed by atoms with E-state index in [0.717, 1.165) is 18.8 Å². The topological polar surface area (TPSA) is 51.2 Å². The van der Waals surface area contributed by atoms with Gasteiger partial charge in [0.25, 0.3) is 0 Å². The van der Waals surface area contributed by atoms with Gasteiger partial charge in [0.2, 0.25) is 11.8 Å². The van der Waals surface area contributed by atoms with E-state index < -0.39 is 12.8 Å². The minimum atomic E-state index is -4.40. The summed E-state index contributed by atoms with van der Waals surface area (Å²) in [5.41, 5.74) is 0.660. The number of aromatic nitrogens is 1. The van der Waals surface area contributed by atoms with E-state index in [2.05, 4.69) is 22.0 Å². The van der Waals surface area contributed by atoms with Crippen LogP contribution >= 0.6 is 0 Å². The van der Waals surface area contributed by atoms with Gasteiger partial charge in [-0.25, -0.2) is 4.98 Å². The molecule has 142 valence electrons. The molecule has 1 heterocycles. The number of carbonyl (C=O) groups is 1. The van der Waals surface area contributed by atoms with E-state index in [4.69, 9.17) is 0 Å². The van der Waals surface area contributed by atoms with Crippen LogP contribution in [-0.2, 0) is 11.3 Å². The largest absolute Gasteiger partial charge is 1.00 e. The van der Waals surface area contributed by atoms with E-state index in [1.54, 1.807) is 6.07 Å². The molecule has 0 saturated heterocycles. The number of halogens is 3. The van der Waals surface area contributed by atoms with Crippen LogP contribution in [0, 0.1) is 19.3 Å². The second-order valence-corrected chi connectivity index (χ2v) is 6.51. The van der Waals surface area contributed by atoms with Gasteiger partial charge in [0.15, 0.2) is 6.61 Å². The van der Waals surface area contributed by atoms with Gasteiger partial charge in [-0.1, -0.05) is 19.8 Å². The molecule has 4 nitrogen and oxygen atoms in total. The number of carbonyl (C=O) groups excluding carboxylic acids is 1. The Morgan fingerprint density at radius 1 is 1.31 bits per heavy atom. The Morgan fingerprint density at radius 2 is 1.96 bits per heavy atom. The summed E-state index contributed by atoms with van der Waals surface area (Å²) in [5, 5.41) is 2.81. The second kappa shape index (κ2) is 12.7. The molecule has 0 aromatic carbocycles. The van der Waals surface area contributed by atoms with Gasteiger partial charge >= 0.3 is 75.1 Å². The van der Waals surface area contributed by atoms with Crippen molar-refractivity contribution in [2.24, 2.45) is 11.8 Å². The summed E-state index contributed by atoms with van der Waals surface area (Å²) in [6, 6.07) is 3.05. The molecule has 1 N–H and O–H groups in total. The van der Waals surface area contributed by atoms with Crippen LogP contribution in [0.25, 0.3) is 0 Å². The van der Waals surface area contributed by atoms with Gasteiger partial charge in [0.05, 0.1) is 0 Å². The van der Waals surface area contributed by atoms with Gasteiger partial charge in [-0.2, -0.15) is 13.2 Å². The Bertz CT molecular complexity index is 547. The summed E-state index contributed by atoms with van der Waals surface area (Å²) < 4.78 is 41.0. The van der Waals surface area contributed by atoms with E-state index in [1.165, 1.54) is 25.1 Å².